The van der Waals surface area contributed by atoms with Crippen molar-refractivity contribution < 1.29 is 19.1 Å². The Labute approximate surface area is 137 Å². The fourth-order valence-electron chi connectivity index (χ4n) is 2.75. The molecule has 1 atom stereocenters. The van der Waals surface area contributed by atoms with Crippen LogP contribution in [-0.2, 0) is 9.63 Å². The molecule has 1 aromatic carbocycles. The molecule has 1 aliphatic heterocycles. The van der Waals surface area contributed by atoms with Gasteiger partial charge in [0.15, 0.2) is 18.1 Å². The Balaban J connectivity index is 1.91. The lowest BCUT2D eigenvalue weighted by atomic mass is 10.0. The molecule has 126 valence electrons. The molecule has 0 spiro atoms. The van der Waals surface area contributed by atoms with Crippen LogP contribution in [0.1, 0.15) is 31.7 Å². The molecule has 0 aromatic heterocycles. The van der Waals surface area contributed by atoms with Gasteiger partial charge >= 0.3 is 0 Å². The van der Waals surface area contributed by atoms with Crippen LogP contribution in [0, 0.1) is 0 Å². The van der Waals surface area contributed by atoms with Crippen molar-refractivity contribution >= 4 is 12.1 Å². The lowest BCUT2D eigenvalue weighted by Crippen LogP contribution is -2.43. The van der Waals surface area contributed by atoms with Crippen LogP contribution in [-0.4, -0.2) is 50.4 Å². The predicted octanol–water partition coefficient (Wildman–Crippen LogP) is 2.46. The summed E-state index contributed by atoms with van der Waals surface area (Å²) in [4.78, 5) is 19.1. The number of carbonyl (C=O) groups is 1. The van der Waals surface area contributed by atoms with E-state index in [9.17, 15) is 4.79 Å². The van der Waals surface area contributed by atoms with Crippen LogP contribution in [0.4, 0.5) is 0 Å². The van der Waals surface area contributed by atoms with Crippen molar-refractivity contribution in [2.24, 2.45) is 5.16 Å². The Hall–Kier alpha value is -2.24. The summed E-state index contributed by atoms with van der Waals surface area (Å²) >= 11 is 0. The minimum atomic E-state index is -0.0485. The van der Waals surface area contributed by atoms with Crippen molar-refractivity contribution in [3.63, 3.8) is 0 Å². The number of rotatable bonds is 6. The Bertz CT molecular complexity index is 560. The monoisotopic (exact) mass is 320 g/mol. The van der Waals surface area contributed by atoms with Gasteiger partial charge in [-0.3, -0.25) is 4.79 Å². The normalized spacial score (nSPS) is 18.0. The number of methoxy groups -OCH3 is 2. The van der Waals surface area contributed by atoms with Gasteiger partial charge in [0.25, 0.3) is 5.91 Å². The third-order valence-corrected chi connectivity index (χ3v) is 4.01. The molecule has 1 saturated heterocycles. The van der Waals surface area contributed by atoms with E-state index in [1.807, 2.05) is 17.0 Å². The van der Waals surface area contributed by atoms with Gasteiger partial charge in [-0.1, -0.05) is 11.2 Å². The molecular weight excluding hydrogens is 296 g/mol. The average molecular weight is 320 g/mol. The molecule has 1 fully saturated rings. The predicted molar refractivity (Wildman–Crippen MR) is 88.1 cm³/mol. The second-order valence-electron chi connectivity index (χ2n) is 5.52. The highest BCUT2D eigenvalue weighted by atomic mass is 16.6. The topological polar surface area (TPSA) is 60.4 Å². The third-order valence-electron chi connectivity index (χ3n) is 4.01. The van der Waals surface area contributed by atoms with Crippen molar-refractivity contribution in [3.05, 3.63) is 23.8 Å². The zero-order valence-corrected chi connectivity index (χ0v) is 13.9. The molecule has 1 aliphatic rings. The highest BCUT2D eigenvalue weighted by Gasteiger charge is 2.23. The van der Waals surface area contributed by atoms with E-state index in [0.717, 1.165) is 24.9 Å². The third kappa shape index (κ3) is 4.37. The summed E-state index contributed by atoms with van der Waals surface area (Å²) in [6.07, 6.45) is 4.81. The first-order valence-electron chi connectivity index (χ1n) is 7.83. The number of carbonyl (C=O) groups excluding carboxylic acids is 1. The van der Waals surface area contributed by atoms with E-state index in [-0.39, 0.29) is 18.6 Å². The fraction of sp³-hybridized carbons (Fsp3) is 0.529. The standard InChI is InChI=1S/C17H24N2O4/c1-13-7-4-5-10-19(13)16(20)12-23-18-11-14-8-6-9-15(21-2)17(14)22-3/h6,8-9,11,13H,4-5,7,10,12H2,1-3H3/b18-11-/t13-/m1/s1. The summed E-state index contributed by atoms with van der Waals surface area (Å²) in [5.41, 5.74) is 0.727. The van der Waals surface area contributed by atoms with Crippen molar-refractivity contribution in [1.29, 1.82) is 0 Å². The van der Waals surface area contributed by atoms with Gasteiger partial charge in [0.1, 0.15) is 0 Å². The van der Waals surface area contributed by atoms with Gasteiger partial charge in [-0.15, -0.1) is 0 Å². The van der Waals surface area contributed by atoms with Gasteiger partial charge in [-0.2, -0.15) is 0 Å². The Kier molecular flexibility index (Phi) is 6.26. The summed E-state index contributed by atoms with van der Waals surface area (Å²) in [7, 11) is 3.14. The van der Waals surface area contributed by atoms with Crippen molar-refractivity contribution in [2.75, 3.05) is 27.4 Å². The van der Waals surface area contributed by atoms with Crippen LogP contribution < -0.4 is 9.47 Å². The highest BCUT2D eigenvalue weighted by molar-refractivity contribution is 5.85. The summed E-state index contributed by atoms with van der Waals surface area (Å²) in [5, 5.41) is 3.88. The fourth-order valence-corrected chi connectivity index (χ4v) is 2.75. The van der Waals surface area contributed by atoms with Crippen LogP contribution in [0.2, 0.25) is 0 Å². The molecule has 0 unspecified atom stereocenters. The van der Waals surface area contributed by atoms with E-state index in [0.29, 0.717) is 11.5 Å². The molecule has 23 heavy (non-hydrogen) atoms. The first-order chi connectivity index (χ1) is 11.2. The van der Waals surface area contributed by atoms with Crippen molar-refractivity contribution in [3.8, 4) is 11.5 Å². The average Bonchev–Trinajstić information content (AvgIpc) is 2.58. The molecule has 0 bridgehead atoms. The second kappa shape index (κ2) is 8.41. The quantitative estimate of drug-likeness (QED) is 0.597. The maximum absolute atomic E-state index is 12.1. The molecule has 0 radical (unpaired) electrons. The second-order valence-corrected chi connectivity index (χ2v) is 5.52. The van der Waals surface area contributed by atoms with Gasteiger partial charge in [0, 0.05) is 18.2 Å². The molecule has 0 aliphatic carbocycles. The molecule has 0 N–H and O–H groups in total. The molecule has 1 heterocycles. The van der Waals surface area contributed by atoms with E-state index in [4.69, 9.17) is 14.3 Å². The number of amides is 1. The molecule has 2 rings (SSSR count). The number of oxime groups is 1. The van der Waals surface area contributed by atoms with E-state index >= 15 is 0 Å². The number of piperidine rings is 1. The van der Waals surface area contributed by atoms with Crippen LogP contribution in [0.15, 0.2) is 23.4 Å². The lowest BCUT2D eigenvalue weighted by molar-refractivity contribution is -0.139. The van der Waals surface area contributed by atoms with Gasteiger partial charge in [-0.05, 0) is 38.3 Å². The van der Waals surface area contributed by atoms with Gasteiger partial charge < -0.3 is 19.2 Å². The van der Waals surface area contributed by atoms with Crippen LogP contribution >= 0.6 is 0 Å². The number of hydrogen-bond donors (Lipinski definition) is 0. The number of nitrogens with zero attached hydrogens (tertiary/aromatic N) is 2. The first-order valence-corrected chi connectivity index (χ1v) is 7.83. The zero-order valence-electron chi connectivity index (χ0n) is 13.9. The van der Waals surface area contributed by atoms with Gasteiger partial charge in [0.05, 0.1) is 20.4 Å². The van der Waals surface area contributed by atoms with Crippen LogP contribution in [0.3, 0.4) is 0 Å². The lowest BCUT2D eigenvalue weighted by Gasteiger charge is -2.32. The van der Waals surface area contributed by atoms with Crippen molar-refractivity contribution in [2.45, 2.75) is 32.2 Å². The number of hydrogen-bond acceptors (Lipinski definition) is 5. The summed E-state index contributed by atoms with van der Waals surface area (Å²) in [6, 6.07) is 5.76. The molecular formula is C17H24N2O4. The zero-order chi connectivity index (χ0) is 16.7. The molecule has 1 aromatic rings. The number of para-hydroxylation sites is 1. The summed E-state index contributed by atoms with van der Waals surface area (Å²) in [6.45, 7) is 2.82. The van der Waals surface area contributed by atoms with E-state index in [1.165, 1.54) is 12.6 Å². The first kappa shape index (κ1) is 17.1. The minimum Gasteiger partial charge on any atom is -0.493 e. The molecule has 6 heteroatoms. The van der Waals surface area contributed by atoms with Crippen LogP contribution in [0.25, 0.3) is 0 Å². The molecule has 6 nitrogen and oxygen atoms in total. The molecule has 1 amide bonds. The minimum absolute atomic E-state index is 0.0213. The van der Waals surface area contributed by atoms with Crippen LogP contribution in [0.5, 0.6) is 11.5 Å². The van der Waals surface area contributed by atoms with Gasteiger partial charge in [0.2, 0.25) is 0 Å². The molecule has 0 saturated carbocycles. The Morgan fingerprint density at radius 1 is 1.35 bits per heavy atom. The number of benzene rings is 1. The number of likely N-dealkylation sites (tertiary alicyclic amines) is 1. The number of ether oxygens (including phenoxy) is 2. The summed E-state index contributed by atoms with van der Waals surface area (Å²) < 4.78 is 10.5. The summed E-state index contributed by atoms with van der Waals surface area (Å²) in [5.74, 6) is 1.18. The smallest absolute Gasteiger partial charge is 0.263 e. The Morgan fingerprint density at radius 2 is 2.17 bits per heavy atom. The van der Waals surface area contributed by atoms with E-state index in [1.54, 1.807) is 20.3 Å². The SMILES string of the molecule is COc1cccc(/C=N\OCC(=O)N2CCCC[C@H]2C)c1OC. The maximum Gasteiger partial charge on any atom is 0.263 e. The van der Waals surface area contributed by atoms with Gasteiger partial charge in [-0.25, -0.2) is 0 Å². The Morgan fingerprint density at radius 3 is 2.87 bits per heavy atom. The maximum atomic E-state index is 12.1. The van der Waals surface area contributed by atoms with E-state index in [2.05, 4.69) is 12.1 Å². The largest absolute Gasteiger partial charge is 0.493 e. The van der Waals surface area contributed by atoms with Crippen molar-refractivity contribution in [1.82, 2.24) is 4.90 Å². The van der Waals surface area contributed by atoms with E-state index < -0.39 is 0 Å². The highest BCUT2D eigenvalue weighted by Crippen LogP contribution is 2.29.